The Hall–Kier alpha value is -4.28. The number of nitrogens with zero attached hydrogens (tertiary/aromatic N) is 3. The van der Waals surface area contributed by atoms with E-state index < -0.39 is 25.3 Å². The smallest absolute Gasteiger partial charge is 0.425 e. The number of imidazole rings is 1. The molecule has 2 aromatic heterocycles. The van der Waals surface area contributed by atoms with Gasteiger partial charge in [-0.15, -0.1) is 0 Å². The topological polar surface area (TPSA) is 140 Å². The van der Waals surface area contributed by atoms with E-state index in [9.17, 15) is 9.36 Å². The van der Waals surface area contributed by atoms with E-state index in [0.29, 0.717) is 41.7 Å². The number of pyridine rings is 1. The molecule has 0 saturated carbocycles. The molecule has 0 aliphatic heterocycles. The van der Waals surface area contributed by atoms with Gasteiger partial charge in [-0.25, -0.2) is 19.3 Å². The summed E-state index contributed by atoms with van der Waals surface area (Å²) in [5.74, 6) is 0.990. The fourth-order valence-corrected chi connectivity index (χ4v) is 7.05. The van der Waals surface area contributed by atoms with Crippen molar-refractivity contribution < 1.29 is 27.9 Å². The highest BCUT2D eigenvalue weighted by Crippen LogP contribution is 2.47. The van der Waals surface area contributed by atoms with Crippen LogP contribution in [0.2, 0.25) is 0 Å². The molecular weight excluding hydrogens is 617 g/mol. The maximum atomic E-state index is 14.6. The number of ether oxygens (including phenoxy) is 2. The SMILES string of the molecule is CCCCC(C)(COP(=O)(N[C@@H](C)C(=O)Oc1ccccc1)Oc1ccccc1)n1c(COCC)nc2c(N)nc3ccccc3c21. The number of fused-ring (bicyclic) bond motifs is 3. The fourth-order valence-electron chi connectivity index (χ4n) is 5.44. The average molecular weight is 660 g/mol. The highest BCUT2D eigenvalue weighted by atomic mass is 31.2. The van der Waals surface area contributed by atoms with Crippen molar-refractivity contribution in [2.24, 2.45) is 0 Å². The van der Waals surface area contributed by atoms with Gasteiger partial charge in [-0.05, 0) is 57.5 Å². The molecule has 0 radical (unpaired) electrons. The number of unbranched alkanes of at least 4 members (excludes halogenated alkanes) is 1. The Morgan fingerprint density at radius 2 is 1.64 bits per heavy atom. The largest absolute Gasteiger partial charge is 0.459 e. The lowest BCUT2D eigenvalue weighted by atomic mass is 9.94. The molecule has 12 heteroatoms. The highest BCUT2D eigenvalue weighted by Gasteiger charge is 2.39. The predicted octanol–water partition coefficient (Wildman–Crippen LogP) is 7.40. The molecule has 0 amide bonds. The summed E-state index contributed by atoms with van der Waals surface area (Å²) >= 11 is 0. The van der Waals surface area contributed by atoms with Crippen LogP contribution in [0.4, 0.5) is 5.82 Å². The molecule has 3 aromatic carbocycles. The Balaban J connectivity index is 1.55. The molecule has 0 saturated heterocycles. The summed E-state index contributed by atoms with van der Waals surface area (Å²) < 4.78 is 40.4. The van der Waals surface area contributed by atoms with Crippen LogP contribution in [0.3, 0.4) is 0 Å². The molecule has 47 heavy (non-hydrogen) atoms. The molecule has 2 heterocycles. The minimum absolute atomic E-state index is 0.0638. The standard InChI is InChI=1S/C35H42N5O6P/c1-5-7-22-35(4,40-30(23-43-6-2)38-31-32(40)28-20-14-15-21-29(28)37-33(31)36)24-44-47(42,46-27-18-12-9-13-19-27)39-25(3)34(41)45-26-16-10-8-11-17-26/h8-21,25H,5-7,22-24H2,1-4H3,(H2,36,37)(H,39,42)/t25-,35?,47?/m0/s1. The fraction of sp³-hybridized carbons (Fsp3) is 0.343. The van der Waals surface area contributed by atoms with Crippen LogP contribution in [0.15, 0.2) is 84.9 Å². The van der Waals surface area contributed by atoms with Crippen molar-refractivity contribution in [3.8, 4) is 11.5 Å². The number of rotatable bonds is 16. The van der Waals surface area contributed by atoms with Gasteiger partial charge in [0.05, 0.1) is 23.2 Å². The first-order valence-electron chi connectivity index (χ1n) is 15.8. The number of nitrogens with one attached hydrogen (secondary N) is 1. The molecule has 0 spiro atoms. The zero-order valence-corrected chi connectivity index (χ0v) is 28.1. The van der Waals surface area contributed by atoms with Gasteiger partial charge >= 0.3 is 13.7 Å². The lowest BCUT2D eigenvalue weighted by molar-refractivity contribution is -0.136. The summed E-state index contributed by atoms with van der Waals surface area (Å²) in [6, 6.07) is 24.1. The van der Waals surface area contributed by atoms with Crippen molar-refractivity contribution in [1.82, 2.24) is 19.6 Å². The Kier molecular flexibility index (Phi) is 10.9. The number of nitrogens with two attached hydrogens (primary N) is 1. The van der Waals surface area contributed by atoms with Gasteiger partial charge in [0.2, 0.25) is 0 Å². The second kappa shape index (κ2) is 15.1. The number of anilines is 1. The molecule has 11 nitrogen and oxygen atoms in total. The summed E-state index contributed by atoms with van der Waals surface area (Å²) in [4.78, 5) is 22.6. The monoisotopic (exact) mass is 659 g/mol. The molecule has 5 aromatic rings. The van der Waals surface area contributed by atoms with Crippen molar-refractivity contribution >= 4 is 41.5 Å². The molecule has 0 aliphatic carbocycles. The zero-order valence-electron chi connectivity index (χ0n) is 27.2. The van der Waals surface area contributed by atoms with Crippen LogP contribution in [0.1, 0.15) is 52.8 Å². The summed E-state index contributed by atoms with van der Waals surface area (Å²) in [7, 11) is -4.19. The van der Waals surface area contributed by atoms with Gasteiger partial charge in [0.15, 0.2) is 5.82 Å². The molecule has 0 bridgehead atoms. The minimum atomic E-state index is -4.19. The Morgan fingerprint density at radius 3 is 2.32 bits per heavy atom. The van der Waals surface area contributed by atoms with Gasteiger partial charge in [-0.2, -0.15) is 5.09 Å². The lowest BCUT2D eigenvalue weighted by Gasteiger charge is -2.35. The summed E-state index contributed by atoms with van der Waals surface area (Å²) in [5, 5.41) is 3.69. The number of esters is 1. The van der Waals surface area contributed by atoms with E-state index in [-0.39, 0.29) is 13.2 Å². The van der Waals surface area contributed by atoms with Crippen molar-refractivity contribution in [3.63, 3.8) is 0 Å². The minimum Gasteiger partial charge on any atom is -0.425 e. The molecule has 5 rings (SSSR count). The van der Waals surface area contributed by atoms with Gasteiger partial charge in [0, 0.05) is 12.0 Å². The van der Waals surface area contributed by atoms with Crippen LogP contribution in [-0.4, -0.2) is 39.8 Å². The Morgan fingerprint density at radius 1 is 0.979 bits per heavy atom. The number of carbonyl (C=O) groups excluding carboxylic acids is 1. The van der Waals surface area contributed by atoms with E-state index in [1.54, 1.807) is 55.5 Å². The average Bonchev–Trinajstić information content (AvgIpc) is 3.48. The quantitative estimate of drug-likeness (QED) is 0.0626. The van der Waals surface area contributed by atoms with E-state index in [4.69, 9.17) is 29.2 Å². The number of benzene rings is 3. The number of hydrogen-bond acceptors (Lipinski definition) is 9. The van der Waals surface area contributed by atoms with Crippen LogP contribution in [0.25, 0.3) is 21.9 Å². The van der Waals surface area contributed by atoms with Gasteiger partial charge in [-0.3, -0.25) is 4.52 Å². The van der Waals surface area contributed by atoms with Crippen LogP contribution in [0, 0.1) is 0 Å². The van der Waals surface area contributed by atoms with E-state index in [2.05, 4.69) is 21.6 Å². The van der Waals surface area contributed by atoms with Gasteiger partial charge in [0.25, 0.3) is 0 Å². The van der Waals surface area contributed by atoms with Gasteiger partial charge in [-0.1, -0.05) is 74.4 Å². The second-order valence-corrected chi connectivity index (χ2v) is 13.3. The first kappa shape index (κ1) is 34.1. The van der Waals surface area contributed by atoms with Gasteiger partial charge < -0.3 is 24.3 Å². The molecule has 2 unspecified atom stereocenters. The zero-order chi connectivity index (χ0) is 33.4. The molecule has 248 valence electrons. The third-order valence-corrected chi connectivity index (χ3v) is 9.44. The molecule has 0 fully saturated rings. The van der Waals surface area contributed by atoms with E-state index >= 15 is 0 Å². The number of hydrogen-bond donors (Lipinski definition) is 2. The maximum Gasteiger partial charge on any atom is 0.459 e. The predicted molar refractivity (Wildman–Crippen MR) is 183 cm³/mol. The molecule has 3 atom stereocenters. The summed E-state index contributed by atoms with van der Waals surface area (Å²) in [6.45, 7) is 8.26. The molecule has 3 N–H and O–H groups in total. The van der Waals surface area contributed by atoms with Crippen LogP contribution >= 0.6 is 7.75 Å². The number of nitrogen functional groups attached to an aromatic ring is 1. The Bertz CT molecular complexity index is 1850. The summed E-state index contributed by atoms with van der Waals surface area (Å²) in [5.41, 5.74) is 7.73. The van der Waals surface area contributed by atoms with E-state index in [0.717, 1.165) is 29.3 Å². The first-order valence-corrected chi connectivity index (χ1v) is 17.4. The Labute approximate surface area is 275 Å². The van der Waals surface area contributed by atoms with Crippen molar-refractivity contribution in [2.45, 2.75) is 65.1 Å². The third kappa shape index (κ3) is 8.00. The van der Waals surface area contributed by atoms with Gasteiger partial charge in [0.1, 0.15) is 35.5 Å². The van der Waals surface area contributed by atoms with E-state index in [1.165, 1.54) is 0 Å². The summed E-state index contributed by atoms with van der Waals surface area (Å²) in [6.07, 6.45) is 2.39. The number of carbonyl (C=O) groups is 1. The first-order chi connectivity index (χ1) is 22.7. The van der Waals surface area contributed by atoms with Crippen LogP contribution in [-0.2, 0) is 30.8 Å². The lowest BCUT2D eigenvalue weighted by Crippen LogP contribution is -2.40. The van der Waals surface area contributed by atoms with E-state index in [1.807, 2.05) is 50.2 Å². The normalized spacial score (nSPS) is 14.8. The third-order valence-electron chi connectivity index (χ3n) is 7.81. The van der Waals surface area contributed by atoms with Crippen molar-refractivity contribution in [1.29, 1.82) is 0 Å². The molecular formula is C35H42N5O6P. The second-order valence-electron chi connectivity index (χ2n) is 11.6. The van der Waals surface area contributed by atoms with Crippen LogP contribution < -0.4 is 20.1 Å². The highest BCUT2D eigenvalue weighted by molar-refractivity contribution is 7.52. The van der Waals surface area contributed by atoms with Crippen molar-refractivity contribution in [2.75, 3.05) is 18.9 Å². The van der Waals surface area contributed by atoms with Crippen LogP contribution in [0.5, 0.6) is 11.5 Å². The maximum absolute atomic E-state index is 14.6. The number of para-hydroxylation sites is 3. The number of aromatic nitrogens is 3. The van der Waals surface area contributed by atoms with Crippen molar-refractivity contribution in [3.05, 3.63) is 90.8 Å². The molecule has 0 aliphatic rings.